The van der Waals surface area contributed by atoms with Crippen LogP contribution in [0.5, 0.6) is 11.5 Å². The molecule has 0 amide bonds. The summed E-state index contributed by atoms with van der Waals surface area (Å²) in [5, 5.41) is 10.2. The Morgan fingerprint density at radius 3 is 2.41 bits per heavy atom. The van der Waals surface area contributed by atoms with Crippen LogP contribution in [0, 0.1) is 6.92 Å². The predicted molar refractivity (Wildman–Crippen MR) is 134 cm³/mol. The van der Waals surface area contributed by atoms with Gasteiger partial charge in [-0.25, -0.2) is 0 Å². The van der Waals surface area contributed by atoms with Crippen LogP contribution in [-0.4, -0.2) is 38.6 Å². The molecule has 0 bridgehead atoms. The smallest absolute Gasteiger partial charge is 0.263 e. The molecule has 0 radical (unpaired) electrons. The van der Waals surface area contributed by atoms with E-state index < -0.39 is 0 Å². The van der Waals surface area contributed by atoms with Crippen LogP contribution >= 0.6 is 11.8 Å². The lowest BCUT2D eigenvalue weighted by Gasteiger charge is -2.12. The van der Waals surface area contributed by atoms with Gasteiger partial charge in [0.25, 0.3) is 5.56 Å². The van der Waals surface area contributed by atoms with Crippen molar-refractivity contribution in [3.05, 3.63) is 94.3 Å². The third kappa shape index (κ3) is 4.36. The van der Waals surface area contributed by atoms with Gasteiger partial charge in [0.15, 0.2) is 5.16 Å². The van der Waals surface area contributed by atoms with Crippen molar-refractivity contribution < 1.29 is 9.47 Å². The van der Waals surface area contributed by atoms with Gasteiger partial charge in [-0.05, 0) is 48.9 Å². The Kier molecular flexibility index (Phi) is 6.22. The molecule has 5 rings (SSSR count). The normalized spacial score (nSPS) is 11.2. The fraction of sp³-hybridized carbons (Fsp3) is 0.192. The summed E-state index contributed by atoms with van der Waals surface area (Å²) in [6, 6.07) is 23.3. The van der Waals surface area contributed by atoms with Crippen LogP contribution in [-0.2, 0) is 6.54 Å². The van der Waals surface area contributed by atoms with E-state index in [1.807, 2.05) is 84.1 Å². The number of para-hydroxylation sites is 1. The lowest BCUT2D eigenvalue weighted by molar-refractivity contribution is 0.342. The maximum atomic E-state index is 13.3. The SMILES string of the molecule is COc1ccc(OCCSc2nnc3n(Cc4ccc(C)cc4)c(=O)c4ccccc4n23)cc1. The molecule has 0 unspecified atom stereocenters. The summed E-state index contributed by atoms with van der Waals surface area (Å²) in [5.41, 5.74) is 2.94. The summed E-state index contributed by atoms with van der Waals surface area (Å²) < 4.78 is 14.7. The zero-order valence-corrected chi connectivity index (χ0v) is 19.8. The van der Waals surface area contributed by atoms with Crippen molar-refractivity contribution >= 4 is 28.4 Å². The Morgan fingerprint density at radius 1 is 0.912 bits per heavy atom. The molecule has 172 valence electrons. The summed E-state index contributed by atoms with van der Waals surface area (Å²) in [5.74, 6) is 2.78. The highest BCUT2D eigenvalue weighted by atomic mass is 32.2. The van der Waals surface area contributed by atoms with Gasteiger partial charge in [-0.3, -0.25) is 13.8 Å². The standard InChI is InChI=1S/C26H24N4O3S/c1-18-7-9-19(10-8-18)17-29-24(31)22-5-3-4-6-23(22)30-25(29)27-28-26(30)34-16-15-33-21-13-11-20(32-2)12-14-21/h3-14H,15-17H2,1-2H3. The van der Waals surface area contributed by atoms with Crippen molar-refractivity contribution in [2.75, 3.05) is 19.5 Å². The topological polar surface area (TPSA) is 70.7 Å². The molecule has 5 aromatic rings. The maximum absolute atomic E-state index is 13.3. The molecule has 0 saturated carbocycles. The Bertz CT molecular complexity index is 1490. The zero-order valence-electron chi connectivity index (χ0n) is 19.0. The predicted octanol–water partition coefficient (Wildman–Crippen LogP) is 4.58. The second kappa shape index (κ2) is 9.61. The largest absolute Gasteiger partial charge is 0.497 e. The Balaban J connectivity index is 1.43. The lowest BCUT2D eigenvalue weighted by atomic mass is 10.1. The maximum Gasteiger partial charge on any atom is 0.263 e. The summed E-state index contributed by atoms with van der Waals surface area (Å²) in [4.78, 5) is 13.3. The van der Waals surface area contributed by atoms with E-state index in [9.17, 15) is 4.79 Å². The Hall–Kier alpha value is -3.78. The molecule has 0 spiro atoms. The molecular weight excluding hydrogens is 448 g/mol. The van der Waals surface area contributed by atoms with Crippen LogP contribution in [0.4, 0.5) is 0 Å². The number of benzene rings is 3. The van der Waals surface area contributed by atoms with Gasteiger partial charge in [0.1, 0.15) is 11.5 Å². The number of rotatable bonds is 8. The lowest BCUT2D eigenvalue weighted by Crippen LogP contribution is -2.24. The first-order valence-electron chi connectivity index (χ1n) is 11.0. The number of aryl methyl sites for hydroxylation is 1. The summed E-state index contributed by atoms with van der Waals surface area (Å²) >= 11 is 1.55. The fourth-order valence-corrected chi connectivity index (χ4v) is 4.57. The molecule has 0 saturated heterocycles. The molecule has 0 atom stereocenters. The van der Waals surface area contributed by atoms with Crippen LogP contribution in [0.1, 0.15) is 11.1 Å². The minimum Gasteiger partial charge on any atom is -0.497 e. The van der Waals surface area contributed by atoms with E-state index in [1.165, 1.54) is 5.56 Å². The van der Waals surface area contributed by atoms with Crippen LogP contribution in [0.15, 0.2) is 82.7 Å². The first-order chi connectivity index (χ1) is 16.6. The number of methoxy groups -OCH3 is 1. The Morgan fingerprint density at radius 2 is 1.65 bits per heavy atom. The van der Waals surface area contributed by atoms with Gasteiger partial charge in [-0.1, -0.05) is 53.7 Å². The molecule has 0 aliphatic carbocycles. The highest BCUT2D eigenvalue weighted by molar-refractivity contribution is 7.99. The van der Waals surface area contributed by atoms with Crippen molar-refractivity contribution in [1.82, 2.24) is 19.2 Å². The first kappa shape index (κ1) is 22.0. The minimum atomic E-state index is -0.0736. The van der Waals surface area contributed by atoms with Crippen molar-refractivity contribution in [1.29, 1.82) is 0 Å². The summed E-state index contributed by atoms with van der Waals surface area (Å²) in [7, 11) is 1.64. The van der Waals surface area contributed by atoms with E-state index >= 15 is 0 Å². The van der Waals surface area contributed by atoms with Gasteiger partial charge < -0.3 is 9.47 Å². The molecule has 34 heavy (non-hydrogen) atoms. The van der Waals surface area contributed by atoms with E-state index in [2.05, 4.69) is 10.2 Å². The van der Waals surface area contributed by atoms with E-state index in [-0.39, 0.29) is 5.56 Å². The highest BCUT2D eigenvalue weighted by Crippen LogP contribution is 2.23. The van der Waals surface area contributed by atoms with Crippen molar-refractivity contribution in [3.8, 4) is 11.5 Å². The number of ether oxygens (including phenoxy) is 2. The molecule has 2 aromatic heterocycles. The highest BCUT2D eigenvalue weighted by Gasteiger charge is 2.17. The second-order valence-corrected chi connectivity index (χ2v) is 8.95. The van der Waals surface area contributed by atoms with Crippen LogP contribution in [0.25, 0.3) is 16.7 Å². The molecule has 7 nitrogen and oxygen atoms in total. The number of hydrogen-bond donors (Lipinski definition) is 0. The fourth-order valence-electron chi connectivity index (χ4n) is 3.81. The van der Waals surface area contributed by atoms with E-state index in [0.717, 1.165) is 27.7 Å². The van der Waals surface area contributed by atoms with Gasteiger partial charge >= 0.3 is 0 Å². The Labute approximate surface area is 201 Å². The van der Waals surface area contributed by atoms with Gasteiger partial charge in [0.2, 0.25) is 5.78 Å². The van der Waals surface area contributed by atoms with Gasteiger partial charge in [-0.15, -0.1) is 10.2 Å². The van der Waals surface area contributed by atoms with Crippen molar-refractivity contribution in [2.45, 2.75) is 18.6 Å². The minimum absolute atomic E-state index is 0.0736. The molecule has 0 aliphatic rings. The summed E-state index contributed by atoms with van der Waals surface area (Å²) in [6.45, 7) is 2.98. The summed E-state index contributed by atoms with van der Waals surface area (Å²) in [6.07, 6.45) is 0. The van der Waals surface area contributed by atoms with Crippen LogP contribution in [0.2, 0.25) is 0 Å². The van der Waals surface area contributed by atoms with E-state index in [1.54, 1.807) is 23.4 Å². The van der Waals surface area contributed by atoms with Crippen molar-refractivity contribution in [2.24, 2.45) is 0 Å². The quantitative estimate of drug-likeness (QED) is 0.243. The first-order valence-corrected chi connectivity index (χ1v) is 11.9. The molecule has 8 heteroatoms. The third-order valence-corrected chi connectivity index (χ3v) is 6.48. The average Bonchev–Trinajstić information content (AvgIpc) is 3.30. The number of fused-ring (bicyclic) bond motifs is 3. The van der Waals surface area contributed by atoms with Crippen LogP contribution in [0.3, 0.4) is 0 Å². The van der Waals surface area contributed by atoms with Gasteiger partial charge in [0, 0.05) is 5.75 Å². The molecule has 0 fully saturated rings. The van der Waals surface area contributed by atoms with Gasteiger partial charge in [0.05, 0.1) is 31.2 Å². The van der Waals surface area contributed by atoms with Crippen LogP contribution < -0.4 is 15.0 Å². The van der Waals surface area contributed by atoms with E-state index in [0.29, 0.717) is 30.1 Å². The molecular formula is C26H24N4O3S. The molecule has 0 N–H and O–H groups in total. The van der Waals surface area contributed by atoms with Crippen molar-refractivity contribution in [3.63, 3.8) is 0 Å². The van der Waals surface area contributed by atoms with E-state index in [4.69, 9.17) is 9.47 Å². The molecule has 0 aliphatic heterocycles. The number of nitrogens with zero attached hydrogens (tertiary/aromatic N) is 4. The monoisotopic (exact) mass is 472 g/mol. The average molecular weight is 473 g/mol. The number of aromatic nitrogens is 4. The zero-order chi connectivity index (χ0) is 23.5. The number of thioether (sulfide) groups is 1. The third-order valence-electron chi connectivity index (χ3n) is 5.58. The molecule has 3 aromatic carbocycles. The number of hydrogen-bond acceptors (Lipinski definition) is 6. The second-order valence-electron chi connectivity index (χ2n) is 7.88. The van der Waals surface area contributed by atoms with Gasteiger partial charge in [-0.2, -0.15) is 0 Å². The molecule has 2 heterocycles.